The van der Waals surface area contributed by atoms with E-state index in [-0.39, 0.29) is 18.0 Å². The second-order valence-corrected chi connectivity index (χ2v) is 6.28. The molecular formula is C20H20FN3O2. The number of carbonyl (C=O) groups is 1. The molecule has 134 valence electrons. The quantitative estimate of drug-likeness (QED) is 0.921. The minimum Gasteiger partial charge on any atom is -0.370 e. The fraction of sp³-hybridized carbons (Fsp3) is 0.300. The summed E-state index contributed by atoms with van der Waals surface area (Å²) in [5.41, 5.74) is 2.86. The Labute approximate surface area is 152 Å². The zero-order chi connectivity index (χ0) is 18.5. The lowest BCUT2D eigenvalue weighted by atomic mass is 10.0. The number of aryl methyl sites for hydroxylation is 1. The Morgan fingerprint density at radius 3 is 3.00 bits per heavy atom. The average molecular weight is 353 g/mol. The van der Waals surface area contributed by atoms with Crippen LogP contribution in [0.1, 0.15) is 28.4 Å². The van der Waals surface area contributed by atoms with Gasteiger partial charge in [0.2, 0.25) is 0 Å². The smallest absolute Gasteiger partial charge is 0.317 e. The Hall–Kier alpha value is -2.91. The van der Waals surface area contributed by atoms with Crippen molar-refractivity contribution in [3.8, 4) is 6.07 Å². The van der Waals surface area contributed by atoms with Gasteiger partial charge in [-0.1, -0.05) is 24.3 Å². The van der Waals surface area contributed by atoms with E-state index in [0.717, 1.165) is 11.1 Å². The summed E-state index contributed by atoms with van der Waals surface area (Å²) in [6.07, 6.45) is -0.268. The maximum Gasteiger partial charge on any atom is 0.317 e. The molecule has 0 radical (unpaired) electrons. The molecule has 0 saturated carbocycles. The highest BCUT2D eigenvalue weighted by molar-refractivity contribution is 5.74. The van der Waals surface area contributed by atoms with E-state index in [9.17, 15) is 9.18 Å². The highest BCUT2D eigenvalue weighted by Crippen LogP contribution is 2.24. The second kappa shape index (κ2) is 7.98. The van der Waals surface area contributed by atoms with Crippen molar-refractivity contribution < 1.29 is 13.9 Å². The SMILES string of the molecule is Cc1cc(C2CN(C(=O)NCc3cccc(C#N)c3)CCO2)ccc1F. The van der Waals surface area contributed by atoms with E-state index in [1.54, 1.807) is 42.2 Å². The van der Waals surface area contributed by atoms with Gasteiger partial charge in [-0.3, -0.25) is 0 Å². The third kappa shape index (κ3) is 4.19. The number of ether oxygens (including phenoxy) is 1. The molecule has 1 saturated heterocycles. The number of urea groups is 1. The maximum absolute atomic E-state index is 13.5. The molecule has 0 spiro atoms. The van der Waals surface area contributed by atoms with Gasteiger partial charge in [0.15, 0.2) is 0 Å². The summed E-state index contributed by atoms with van der Waals surface area (Å²) in [4.78, 5) is 14.2. The number of benzene rings is 2. The Morgan fingerprint density at radius 1 is 1.38 bits per heavy atom. The van der Waals surface area contributed by atoms with Crippen LogP contribution in [0.2, 0.25) is 0 Å². The van der Waals surface area contributed by atoms with Crippen molar-refractivity contribution in [2.75, 3.05) is 19.7 Å². The van der Waals surface area contributed by atoms with E-state index < -0.39 is 0 Å². The molecule has 1 atom stereocenters. The van der Waals surface area contributed by atoms with E-state index in [0.29, 0.717) is 37.4 Å². The van der Waals surface area contributed by atoms with E-state index >= 15 is 0 Å². The van der Waals surface area contributed by atoms with Crippen molar-refractivity contribution in [3.63, 3.8) is 0 Å². The molecule has 2 aromatic rings. The monoisotopic (exact) mass is 353 g/mol. The molecule has 1 aliphatic rings. The zero-order valence-electron chi connectivity index (χ0n) is 14.5. The molecule has 0 bridgehead atoms. The summed E-state index contributed by atoms with van der Waals surface area (Å²) in [5.74, 6) is -0.251. The molecule has 1 aliphatic heterocycles. The molecule has 2 amide bonds. The van der Waals surface area contributed by atoms with Crippen LogP contribution < -0.4 is 5.32 Å². The number of rotatable bonds is 3. The number of amides is 2. The van der Waals surface area contributed by atoms with Gasteiger partial charge in [0.1, 0.15) is 11.9 Å². The number of nitrogens with one attached hydrogen (secondary N) is 1. The van der Waals surface area contributed by atoms with Crippen molar-refractivity contribution in [1.82, 2.24) is 10.2 Å². The van der Waals surface area contributed by atoms with E-state index in [1.807, 2.05) is 6.07 Å². The predicted octanol–water partition coefficient (Wildman–Crippen LogP) is 3.29. The van der Waals surface area contributed by atoms with Gasteiger partial charge in [0.05, 0.1) is 24.8 Å². The van der Waals surface area contributed by atoms with Crippen LogP contribution in [0.15, 0.2) is 42.5 Å². The number of morpholine rings is 1. The zero-order valence-corrected chi connectivity index (χ0v) is 14.5. The van der Waals surface area contributed by atoms with Crippen LogP contribution in [0.4, 0.5) is 9.18 Å². The average Bonchev–Trinajstić information content (AvgIpc) is 2.68. The lowest BCUT2D eigenvalue weighted by Crippen LogP contribution is -2.47. The van der Waals surface area contributed by atoms with E-state index in [4.69, 9.17) is 10.00 Å². The van der Waals surface area contributed by atoms with Gasteiger partial charge in [-0.2, -0.15) is 5.26 Å². The van der Waals surface area contributed by atoms with Crippen LogP contribution in [0.3, 0.4) is 0 Å². The summed E-state index contributed by atoms with van der Waals surface area (Å²) in [6.45, 7) is 3.40. The molecule has 26 heavy (non-hydrogen) atoms. The number of nitriles is 1. The predicted molar refractivity (Wildman–Crippen MR) is 94.8 cm³/mol. The summed E-state index contributed by atoms with van der Waals surface area (Å²) in [6, 6.07) is 13.9. The first kappa shape index (κ1) is 17.9. The normalized spacial score (nSPS) is 16.8. The van der Waals surface area contributed by atoms with Crippen molar-refractivity contribution in [3.05, 3.63) is 70.5 Å². The first-order valence-corrected chi connectivity index (χ1v) is 8.46. The number of carbonyl (C=O) groups excluding carboxylic acids is 1. The van der Waals surface area contributed by atoms with E-state index in [1.165, 1.54) is 6.07 Å². The standard InChI is InChI=1S/C20H20FN3O2/c1-14-9-17(5-6-18(14)21)19-13-24(7-8-26-19)20(25)23-12-16-4-2-3-15(10-16)11-22/h2-6,9-10,19H,7-8,12-13H2,1H3,(H,23,25). The lowest BCUT2D eigenvalue weighted by molar-refractivity contribution is -0.0155. The minimum absolute atomic E-state index is 0.181. The second-order valence-electron chi connectivity index (χ2n) is 6.28. The maximum atomic E-state index is 13.5. The van der Waals surface area contributed by atoms with Crippen LogP contribution >= 0.6 is 0 Å². The van der Waals surface area contributed by atoms with Crippen molar-refractivity contribution in [1.29, 1.82) is 5.26 Å². The molecule has 5 nitrogen and oxygen atoms in total. The third-order valence-corrected chi connectivity index (χ3v) is 4.41. The number of halogens is 1. The molecular weight excluding hydrogens is 333 g/mol. The molecule has 1 heterocycles. The summed E-state index contributed by atoms with van der Waals surface area (Å²) >= 11 is 0. The molecule has 2 aromatic carbocycles. The highest BCUT2D eigenvalue weighted by Gasteiger charge is 2.25. The van der Waals surface area contributed by atoms with Crippen molar-refractivity contribution >= 4 is 6.03 Å². The summed E-state index contributed by atoms with van der Waals surface area (Å²) < 4.78 is 19.2. The first-order valence-electron chi connectivity index (χ1n) is 8.46. The van der Waals surface area contributed by atoms with Crippen LogP contribution in [0.5, 0.6) is 0 Å². The molecule has 6 heteroatoms. The summed E-state index contributed by atoms with van der Waals surface area (Å²) in [5, 5.41) is 11.8. The molecule has 1 N–H and O–H groups in total. The lowest BCUT2D eigenvalue weighted by Gasteiger charge is -2.33. The van der Waals surface area contributed by atoms with Crippen LogP contribution in [0, 0.1) is 24.1 Å². The van der Waals surface area contributed by atoms with Gasteiger partial charge in [-0.15, -0.1) is 0 Å². The van der Waals surface area contributed by atoms with Crippen LogP contribution in [0.25, 0.3) is 0 Å². The fourth-order valence-electron chi connectivity index (χ4n) is 2.94. The first-order chi connectivity index (χ1) is 12.6. The van der Waals surface area contributed by atoms with E-state index in [2.05, 4.69) is 11.4 Å². The Balaban J connectivity index is 1.60. The third-order valence-electron chi connectivity index (χ3n) is 4.41. The van der Waals surface area contributed by atoms with Crippen molar-refractivity contribution in [2.45, 2.75) is 19.6 Å². The Bertz CT molecular complexity index is 847. The topological polar surface area (TPSA) is 65.4 Å². The molecule has 1 fully saturated rings. The highest BCUT2D eigenvalue weighted by atomic mass is 19.1. The minimum atomic E-state index is -0.268. The number of hydrogen-bond acceptors (Lipinski definition) is 3. The molecule has 0 aliphatic carbocycles. The largest absolute Gasteiger partial charge is 0.370 e. The molecule has 1 unspecified atom stereocenters. The van der Waals surface area contributed by atoms with Gasteiger partial charge in [-0.05, 0) is 41.8 Å². The summed E-state index contributed by atoms with van der Waals surface area (Å²) in [7, 11) is 0. The van der Waals surface area contributed by atoms with Gasteiger partial charge in [0, 0.05) is 13.1 Å². The van der Waals surface area contributed by atoms with Gasteiger partial charge >= 0.3 is 6.03 Å². The van der Waals surface area contributed by atoms with Crippen LogP contribution in [-0.4, -0.2) is 30.6 Å². The Kier molecular flexibility index (Phi) is 5.49. The fourth-order valence-corrected chi connectivity index (χ4v) is 2.94. The van der Waals surface area contributed by atoms with Gasteiger partial charge < -0.3 is 15.0 Å². The number of nitrogens with zero attached hydrogens (tertiary/aromatic N) is 2. The van der Waals surface area contributed by atoms with Crippen LogP contribution in [-0.2, 0) is 11.3 Å². The van der Waals surface area contributed by atoms with Gasteiger partial charge in [0.25, 0.3) is 0 Å². The van der Waals surface area contributed by atoms with Gasteiger partial charge in [-0.25, -0.2) is 9.18 Å². The Morgan fingerprint density at radius 2 is 2.23 bits per heavy atom. The molecule has 0 aromatic heterocycles. The number of hydrogen-bond donors (Lipinski definition) is 1. The van der Waals surface area contributed by atoms with Crippen molar-refractivity contribution in [2.24, 2.45) is 0 Å². The molecule has 3 rings (SSSR count).